The fraction of sp³-hybridized carbons (Fsp3) is 0.619. The van der Waals surface area contributed by atoms with Gasteiger partial charge in [-0.2, -0.15) is 0 Å². The largest absolute Gasteiger partial charge is 0.493 e. The predicted molar refractivity (Wildman–Crippen MR) is 116 cm³/mol. The zero-order valence-electron chi connectivity index (χ0n) is 18.2. The summed E-state index contributed by atoms with van der Waals surface area (Å²) in [5.74, 6) is 1.78. The van der Waals surface area contributed by atoms with Crippen LogP contribution in [0.1, 0.15) is 31.2 Å². The molecular formula is C21H33N3O4S. The number of amides is 2. The van der Waals surface area contributed by atoms with Crippen LogP contribution >= 0.6 is 11.8 Å². The van der Waals surface area contributed by atoms with Crippen LogP contribution in [-0.4, -0.2) is 74.8 Å². The number of hydrogen-bond donors (Lipinski definition) is 1. The molecule has 1 aliphatic heterocycles. The molecule has 1 fully saturated rings. The average Bonchev–Trinajstić information content (AvgIpc) is 3.06. The van der Waals surface area contributed by atoms with Gasteiger partial charge in [-0.05, 0) is 44.1 Å². The highest BCUT2D eigenvalue weighted by molar-refractivity contribution is 8.00. The van der Waals surface area contributed by atoms with Crippen molar-refractivity contribution < 1.29 is 19.1 Å². The Morgan fingerprint density at radius 2 is 1.97 bits per heavy atom. The number of thioether (sulfide) groups is 1. The van der Waals surface area contributed by atoms with E-state index in [0.29, 0.717) is 30.2 Å². The molecule has 2 atom stereocenters. The number of nitrogens with one attached hydrogen (secondary N) is 1. The summed E-state index contributed by atoms with van der Waals surface area (Å²) in [6, 6.07) is 5.15. The SMILES string of the molecule is COc1ccc([C@@H]2SCC(=O)N2[C@H](CC(C)C)C(=O)NCCN(C)C)cc1OC. The van der Waals surface area contributed by atoms with E-state index >= 15 is 0 Å². The highest BCUT2D eigenvalue weighted by Gasteiger charge is 2.41. The molecule has 1 heterocycles. The van der Waals surface area contributed by atoms with Crippen molar-refractivity contribution in [1.82, 2.24) is 15.1 Å². The van der Waals surface area contributed by atoms with Gasteiger partial charge in [-0.1, -0.05) is 19.9 Å². The van der Waals surface area contributed by atoms with Gasteiger partial charge in [-0.15, -0.1) is 11.8 Å². The van der Waals surface area contributed by atoms with Crippen LogP contribution in [-0.2, 0) is 9.59 Å². The van der Waals surface area contributed by atoms with E-state index in [1.807, 2.05) is 37.2 Å². The first-order valence-corrected chi connectivity index (χ1v) is 10.9. The summed E-state index contributed by atoms with van der Waals surface area (Å²) in [4.78, 5) is 29.6. The Labute approximate surface area is 178 Å². The van der Waals surface area contributed by atoms with E-state index in [9.17, 15) is 9.59 Å². The number of carbonyl (C=O) groups excluding carboxylic acids is 2. The molecule has 1 N–H and O–H groups in total. The standard InChI is InChI=1S/C21H33N3O4S/c1-14(2)11-16(20(26)22-9-10-23(3)4)24-19(25)13-29-21(24)15-7-8-17(27-5)18(12-15)28-6/h7-8,12,14,16,21H,9-11,13H2,1-6H3,(H,22,26)/t16-,21+/m1/s1. The molecule has 8 heteroatoms. The molecule has 162 valence electrons. The van der Waals surface area contributed by atoms with Crippen molar-refractivity contribution in [3.8, 4) is 11.5 Å². The van der Waals surface area contributed by atoms with Gasteiger partial charge in [0, 0.05) is 13.1 Å². The molecule has 1 saturated heterocycles. The van der Waals surface area contributed by atoms with E-state index in [-0.39, 0.29) is 23.1 Å². The molecule has 1 aromatic rings. The minimum absolute atomic E-state index is 0.0109. The minimum Gasteiger partial charge on any atom is -0.493 e. The number of ether oxygens (including phenoxy) is 2. The van der Waals surface area contributed by atoms with Gasteiger partial charge < -0.3 is 24.6 Å². The summed E-state index contributed by atoms with van der Waals surface area (Å²) in [6.45, 7) is 5.44. The van der Waals surface area contributed by atoms with Crippen molar-refractivity contribution in [1.29, 1.82) is 0 Å². The summed E-state index contributed by atoms with van der Waals surface area (Å²) in [6.07, 6.45) is 0.615. The van der Waals surface area contributed by atoms with Crippen molar-refractivity contribution in [3.05, 3.63) is 23.8 Å². The van der Waals surface area contributed by atoms with Gasteiger partial charge >= 0.3 is 0 Å². The Morgan fingerprint density at radius 1 is 1.28 bits per heavy atom. The van der Waals surface area contributed by atoms with E-state index in [4.69, 9.17) is 9.47 Å². The van der Waals surface area contributed by atoms with Crippen LogP contribution in [0.5, 0.6) is 11.5 Å². The van der Waals surface area contributed by atoms with Crippen LogP contribution in [0.2, 0.25) is 0 Å². The zero-order valence-corrected chi connectivity index (χ0v) is 19.0. The smallest absolute Gasteiger partial charge is 0.242 e. The molecule has 0 saturated carbocycles. The van der Waals surface area contributed by atoms with E-state index < -0.39 is 6.04 Å². The monoisotopic (exact) mass is 423 g/mol. The molecule has 0 aliphatic carbocycles. The van der Waals surface area contributed by atoms with E-state index in [0.717, 1.165) is 12.1 Å². The Morgan fingerprint density at radius 3 is 2.55 bits per heavy atom. The number of benzene rings is 1. The van der Waals surface area contributed by atoms with Gasteiger partial charge in [0.2, 0.25) is 11.8 Å². The maximum atomic E-state index is 13.0. The summed E-state index contributed by atoms with van der Waals surface area (Å²) < 4.78 is 10.7. The van der Waals surface area contributed by atoms with Crippen LogP contribution in [0.15, 0.2) is 18.2 Å². The second-order valence-corrected chi connectivity index (χ2v) is 8.89. The summed E-state index contributed by atoms with van der Waals surface area (Å²) >= 11 is 1.54. The third-order valence-electron chi connectivity index (χ3n) is 4.79. The highest BCUT2D eigenvalue weighted by atomic mass is 32.2. The lowest BCUT2D eigenvalue weighted by Gasteiger charge is -2.33. The Bertz CT molecular complexity index is 711. The third kappa shape index (κ3) is 6.02. The van der Waals surface area contributed by atoms with Gasteiger partial charge in [0.1, 0.15) is 11.4 Å². The van der Waals surface area contributed by atoms with Crippen LogP contribution in [0, 0.1) is 5.92 Å². The molecule has 2 rings (SSSR count). The molecule has 29 heavy (non-hydrogen) atoms. The van der Waals surface area contributed by atoms with Crippen molar-refractivity contribution in [2.24, 2.45) is 5.92 Å². The second kappa shape index (κ2) is 10.7. The number of hydrogen-bond acceptors (Lipinski definition) is 6. The lowest BCUT2D eigenvalue weighted by molar-refractivity contribution is -0.139. The van der Waals surface area contributed by atoms with Crippen LogP contribution < -0.4 is 14.8 Å². The lowest BCUT2D eigenvalue weighted by Crippen LogP contribution is -2.50. The topological polar surface area (TPSA) is 71.1 Å². The fourth-order valence-electron chi connectivity index (χ4n) is 3.35. The highest BCUT2D eigenvalue weighted by Crippen LogP contribution is 2.43. The second-order valence-electron chi connectivity index (χ2n) is 7.82. The van der Waals surface area contributed by atoms with E-state index in [1.54, 1.807) is 19.1 Å². The third-order valence-corrected chi connectivity index (χ3v) is 6.02. The molecule has 0 bridgehead atoms. The first-order valence-electron chi connectivity index (χ1n) is 9.85. The lowest BCUT2D eigenvalue weighted by atomic mass is 10.0. The van der Waals surface area contributed by atoms with Gasteiger partial charge in [0.15, 0.2) is 11.5 Å². The molecule has 7 nitrogen and oxygen atoms in total. The molecular weight excluding hydrogens is 390 g/mol. The number of methoxy groups -OCH3 is 2. The quantitative estimate of drug-likeness (QED) is 0.623. The first-order chi connectivity index (χ1) is 13.8. The van der Waals surface area contributed by atoms with Gasteiger partial charge in [-0.25, -0.2) is 0 Å². The molecule has 1 aliphatic rings. The van der Waals surface area contributed by atoms with Crippen molar-refractivity contribution in [2.45, 2.75) is 31.7 Å². The Balaban J connectivity index is 2.29. The number of rotatable bonds is 10. The van der Waals surface area contributed by atoms with Gasteiger partial charge in [-0.3, -0.25) is 9.59 Å². The summed E-state index contributed by atoms with van der Waals surface area (Å²) in [5, 5.41) is 2.77. The van der Waals surface area contributed by atoms with Crippen LogP contribution in [0.25, 0.3) is 0 Å². The van der Waals surface area contributed by atoms with Crippen molar-refractivity contribution >= 4 is 23.6 Å². The molecule has 2 amide bonds. The molecule has 0 unspecified atom stereocenters. The number of likely N-dealkylation sites (N-methyl/N-ethyl adjacent to an activating group) is 1. The Kier molecular flexibility index (Phi) is 8.64. The van der Waals surface area contributed by atoms with Gasteiger partial charge in [0.25, 0.3) is 0 Å². The molecule has 1 aromatic carbocycles. The normalized spacial score (nSPS) is 17.7. The molecule has 0 spiro atoms. The average molecular weight is 424 g/mol. The van der Waals surface area contributed by atoms with Crippen molar-refractivity contribution in [3.63, 3.8) is 0 Å². The maximum Gasteiger partial charge on any atom is 0.242 e. The fourth-order valence-corrected chi connectivity index (χ4v) is 4.56. The molecule has 0 radical (unpaired) electrons. The number of nitrogens with zero attached hydrogens (tertiary/aromatic N) is 2. The number of carbonyl (C=O) groups is 2. The van der Waals surface area contributed by atoms with Gasteiger partial charge in [0.05, 0.1) is 20.0 Å². The van der Waals surface area contributed by atoms with Crippen molar-refractivity contribution in [2.75, 3.05) is 47.2 Å². The zero-order chi connectivity index (χ0) is 21.6. The minimum atomic E-state index is -0.502. The first kappa shape index (κ1) is 23.3. The van der Waals surface area contributed by atoms with Crippen LogP contribution in [0.4, 0.5) is 0 Å². The Hall–Kier alpha value is -1.93. The van der Waals surface area contributed by atoms with E-state index in [1.165, 1.54) is 11.8 Å². The summed E-state index contributed by atoms with van der Waals surface area (Å²) in [5.41, 5.74) is 0.924. The predicted octanol–water partition coefficient (Wildman–Crippen LogP) is 2.37. The molecule has 0 aromatic heterocycles. The maximum absolute atomic E-state index is 13.0. The van der Waals surface area contributed by atoms with E-state index in [2.05, 4.69) is 19.2 Å². The summed E-state index contributed by atoms with van der Waals surface area (Å²) in [7, 11) is 7.11. The van der Waals surface area contributed by atoms with Crippen LogP contribution in [0.3, 0.4) is 0 Å².